The summed E-state index contributed by atoms with van der Waals surface area (Å²) in [6, 6.07) is 0. The fourth-order valence-corrected chi connectivity index (χ4v) is 2.01. The molecule has 0 aromatic carbocycles. The smallest absolute Gasteiger partial charge is 0.132 e. The van der Waals surface area contributed by atoms with Gasteiger partial charge in [-0.3, -0.25) is 4.79 Å². The molecule has 96 valence electrons. The number of Topliss-reactive ketones (excluding diaryl/α,β-unsaturated/α-hetero) is 1. The van der Waals surface area contributed by atoms with Crippen molar-refractivity contribution < 1.29 is 4.79 Å². The van der Waals surface area contributed by atoms with Crippen LogP contribution in [0.4, 0.5) is 0 Å². The van der Waals surface area contributed by atoms with Crippen molar-refractivity contribution in [1.82, 2.24) is 0 Å². The first-order valence-corrected chi connectivity index (χ1v) is 7.42. The Hall–Kier alpha value is -0.0400. The summed E-state index contributed by atoms with van der Waals surface area (Å²) in [5.74, 6) is 1.11. The molecule has 0 aliphatic heterocycles. The van der Waals surface area contributed by atoms with Crippen LogP contribution in [-0.4, -0.2) is 11.7 Å². The highest BCUT2D eigenvalue weighted by molar-refractivity contribution is 6.17. The standard InChI is InChI=1S/C14H27ClO/c1-2-3-4-5-6-7-8-11-14(16)12-9-10-13-15/h2-13H2,1H3. The molecule has 0 atom stereocenters. The highest BCUT2D eigenvalue weighted by atomic mass is 35.5. The van der Waals surface area contributed by atoms with Crippen molar-refractivity contribution in [2.45, 2.75) is 77.6 Å². The van der Waals surface area contributed by atoms with E-state index in [4.69, 9.17) is 11.6 Å². The lowest BCUT2D eigenvalue weighted by atomic mass is 10.0. The third kappa shape index (κ3) is 12.0. The minimum Gasteiger partial charge on any atom is -0.300 e. The Morgan fingerprint density at radius 1 is 0.812 bits per heavy atom. The number of rotatable bonds is 12. The van der Waals surface area contributed by atoms with E-state index >= 15 is 0 Å². The van der Waals surface area contributed by atoms with Crippen molar-refractivity contribution in [3.05, 3.63) is 0 Å². The lowest BCUT2D eigenvalue weighted by molar-refractivity contribution is -0.119. The normalized spacial score (nSPS) is 10.6. The largest absolute Gasteiger partial charge is 0.300 e. The molecule has 0 N–H and O–H groups in total. The Kier molecular flexibility index (Phi) is 13.0. The summed E-state index contributed by atoms with van der Waals surface area (Å²) in [5, 5.41) is 0. The lowest BCUT2D eigenvalue weighted by Gasteiger charge is -2.01. The van der Waals surface area contributed by atoms with Gasteiger partial charge in [0.25, 0.3) is 0 Å². The van der Waals surface area contributed by atoms with Crippen LogP contribution >= 0.6 is 11.6 Å². The molecule has 0 rings (SSSR count). The van der Waals surface area contributed by atoms with Crippen molar-refractivity contribution in [2.24, 2.45) is 0 Å². The molecule has 2 heteroatoms. The Balaban J connectivity index is 3.09. The van der Waals surface area contributed by atoms with Crippen LogP contribution in [0.25, 0.3) is 0 Å². The number of halogens is 1. The number of alkyl halides is 1. The monoisotopic (exact) mass is 246 g/mol. The summed E-state index contributed by atoms with van der Waals surface area (Å²) in [6.07, 6.45) is 12.5. The molecule has 0 fully saturated rings. The van der Waals surface area contributed by atoms with Crippen LogP contribution in [0.2, 0.25) is 0 Å². The van der Waals surface area contributed by atoms with E-state index in [2.05, 4.69) is 6.92 Å². The number of hydrogen-bond donors (Lipinski definition) is 0. The summed E-state index contributed by atoms with van der Waals surface area (Å²) in [5.41, 5.74) is 0. The van der Waals surface area contributed by atoms with E-state index in [0.29, 0.717) is 11.7 Å². The third-order valence-corrected chi connectivity index (χ3v) is 3.17. The molecule has 0 bridgehead atoms. The second kappa shape index (κ2) is 13.0. The summed E-state index contributed by atoms with van der Waals surface area (Å²) in [4.78, 5) is 11.4. The summed E-state index contributed by atoms with van der Waals surface area (Å²) in [6.45, 7) is 2.24. The van der Waals surface area contributed by atoms with Gasteiger partial charge in [0.05, 0.1) is 0 Å². The minimum atomic E-state index is 0.429. The van der Waals surface area contributed by atoms with Gasteiger partial charge in [-0.05, 0) is 19.3 Å². The minimum absolute atomic E-state index is 0.429. The Bertz CT molecular complexity index is 157. The van der Waals surface area contributed by atoms with E-state index in [1.54, 1.807) is 0 Å². The van der Waals surface area contributed by atoms with Crippen LogP contribution in [0.3, 0.4) is 0 Å². The number of unbranched alkanes of at least 4 members (excludes halogenated alkanes) is 7. The number of hydrogen-bond acceptors (Lipinski definition) is 1. The second-order valence-electron chi connectivity index (χ2n) is 4.56. The average molecular weight is 247 g/mol. The van der Waals surface area contributed by atoms with E-state index < -0.39 is 0 Å². The highest BCUT2D eigenvalue weighted by Crippen LogP contribution is 2.10. The van der Waals surface area contributed by atoms with E-state index in [9.17, 15) is 4.79 Å². The lowest BCUT2D eigenvalue weighted by Crippen LogP contribution is -1.97. The van der Waals surface area contributed by atoms with Crippen molar-refractivity contribution in [2.75, 3.05) is 5.88 Å². The fourth-order valence-electron chi connectivity index (χ4n) is 1.82. The molecule has 0 aromatic heterocycles. The first kappa shape index (κ1) is 16.0. The van der Waals surface area contributed by atoms with Gasteiger partial charge in [0, 0.05) is 18.7 Å². The van der Waals surface area contributed by atoms with Gasteiger partial charge in [-0.1, -0.05) is 45.4 Å². The SMILES string of the molecule is CCCCCCCCCC(=O)CCCCCl. The van der Waals surface area contributed by atoms with Crippen LogP contribution in [-0.2, 0) is 4.79 Å². The predicted octanol–water partition coefficient (Wildman–Crippen LogP) is 5.11. The predicted molar refractivity (Wildman–Crippen MR) is 72.2 cm³/mol. The van der Waals surface area contributed by atoms with Gasteiger partial charge in [0.2, 0.25) is 0 Å². The van der Waals surface area contributed by atoms with Crippen LogP contribution in [0.5, 0.6) is 0 Å². The number of carbonyl (C=O) groups excluding carboxylic acids is 1. The second-order valence-corrected chi connectivity index (χ2v) is 4.93. The number of carbonyl (C=O) groups is 1. The molecule has 0 spiro atoms. The average Bonchev–Trinajstić information content (AvgIpc) is 2.28. The van der Waals surface area contributed by atoms with Gasteiger partial charge < -0.3 is 0 Å². The molecule has 0 radical (unpaired) electrons. The van der Waals surface area contributed by atoms with Crippen LogP contribution in [0, 0.1) is 0 Å². The first-order chi connectivity index (χ1) is 7.81. The third-order valence-electron chi connectivity index (χ3n) is 2.90. The molecular formula is C14H27ClO. The maximum absolute atomic E-state index is 11.4. The first-order valence-electron chi connectivity index (χ1n) is 6.89. The van der Waals surface area contributed by atoms with Crippen LogP contribution in [0.15, 0.2) is 0 Å². The molecule has 16 heavy (non-hydrogen) atoms. The van der Waals surface area contributed by atoms with Gasteiger partial charge in [-0.2, -0.15) is 0 Å². The van der Waals surface area contributed by atoms with Gasteiger partial charge in [0.1, 0.15) is 5.78 Å². The molecule has 0 heterocycles. The molecule has 0 saturated carbocycles. The molecule has 0 saturated heterocycles. The van der Waals surface area contributed by atoms with Crippen molar-refractivity contribution in [1.29, 1.82) is 0 Å². The van der Waals surface area contributed by atoms with Crippen molar-refractivity contribution in [3.8, 4) is 0 Å². The highest BCUT2D eigenvalue weighted by Gasteiger charge is 2.01. The maximum atomic E-state index is 11.4. The van der Waals surface area contributed by atoms with Gasteiger partial charge >= 0.3 is 0 Å². The Morgan fingerprint density at radius 3 is 1.88 bits per heavy atom. The van der Waals surface area contributed by atoms with Crippen LogP contribution in [0.1, 0.15) is 77.6 Å². The van der Waals surface area contributed by atoms with Crippen LogP contribution < -0.4 is 0 Å². The molecule has 0 aromatic rings. The zero-order valence-electron chi connectivity index (χ0n) is 10.8. The molecule has 0 unspecified atom stereocenters. The summed E-state index contributed by atoms with van der Waals surface area (Å²) in [7, 11) is 0. The number of ketones is 1. The maximum Gasteiger partial charge on any atom is 0.132 e. The summed E-state index contributed by atoms with van der Waals surface area (Å²) >= 11 is 5.56. The van der Waals surface area contributed by atoms with E-state index in [-0.39, 0.29) is 0 Å². The quantitative estimate of drug-likeness (QED) is 0.346. The topological polar surface area (TPSA) is 17.1 Å². The molecule has 0 aliphatic rings. The molecular weight excluding hydrogens is 220 g/mol. The molecule has 0 aliphatic carbocycles. The Labute approximate surface area is 106 Å². The van der Waals surface area contributed by atoms with E-state index in [1.807, 2.05) is 0 Å². The molecule has 1 nitrogen and oxygen atoms in total. The van der Waals surface area contributed by atoms with Crippen molar-refractivity contribution >= 4 is 17.4 Å². The van der Waals surface area contributed by atoms with E-state index in [0.717, 1.165) is 32.1 Å². The fraction of sp³-hybridized carbons (Fsp3) is 0.929. The van der Waals surface area contributed by atoms with Gasteiger partial charge in [-0.15, -0.1) is 11.6 Å². The Morgan fingerprint density at radius 2 is 1.31 bits per heavy atom. The van der Waals surface area contributed by atoms with Crippen molar-refractivity contribution in [3.63, 3.8) is 0 Å². The summed E-state index contributed by atoms with van der Waals surface area (Å²) < 4.78 is 0. The zero-order valence-corrected chi connectivity index (χ0v) is 11.5. The van der Waals surface area contributed by atoms with Gasteiger partial charge in [-0.25, -0.2) is 0 Å². The van der Waals surface area contributed by atoms with Gasteiger partial charge in [0.15, 0.2) is 0 Å². The zero-order chi connectivity index (χ0) is 12.1. The van der Waals surface area contributed by atoms with E-state index in [1.165, 1.54) is 38.5 Å². The molecule has 0 amide bonds.